The molecule has 0 bridgehead atoms. The van der Waals surface area contributed by atoms with Crippen LogP contribution >= 0.6 is 0 Å². The van der Waals surface area contributed by atoms with E-state index in [-0.39, 0.29) is 33.8 Å². The van der Waals surface area contributed by atoms with Crippen LogP contribution < -0.4 is 26.2 Å². The van der Waals surface area contributed by atoms with Gasteiger partial charge < -0.3 is 9.80 Å². The summed E-state index contributed by atoms with van der Waals surface area (Å²) >= 11 is 0. The first-order valence-electron chi connectivity index (χ1n) is 25.6. The van der Waals surface area contributed by atoms with Gasteiger partial charge in [0, 0.05) is 39.4 Å². The van der Waals surface area contributed by atoms with Crippen molar-refractivity contribution in [3.8, 4) is 33.4 Å². The van der Waals surface area contributed by atoms with Crippen LogP contribution in [0.25, 0.3) is 33.4 Å². The Morgan fingerprint density at radius 3 is 1.43 bits per heavy atom. The van der Waals surface area contributed by atoms with Gasteiger partial charge in [0.1, 0.15) is 0 Å². The van der Waals surface area contributed by atoms with Crippen LogP contribution in [0.15, 0.2) is 164 Å². The molecule has 11 rings (SSSR count). The van der Waals surface area contributed by atoms with Gasteiger partial charge in [0.2, 0.25) is 0 Å². The molecule has 2 nitrogen and oxygen atoms in total. The van der Waals surface area contributed by atoms with Gasteiger partial charge in [-0.2, -0.15) is 0 Å². The minimum atomic E-state index is -0.139. The zero-order valence-electron chi connectivity index (χ0n) is 44.1. The van der Waals surface area contributed by atoms with Crippen molar-refractivity contribution in [3.05, 3.63) is 197 Å². The van der Waals surface area contributed by atoms with Crippen LogP contribution in [0.1, 0.15) is 130 Å². The fourth-order valence-electron chi connectivity index (χ4n) is 11.7. The third kappa shape index (κ3) is 7.29. The Morgan fingerprint density at radius 2 is 0.829 bits per heavy atom. The summed E-state index contributed by atoms with van der Waals surface area (Å²) in [5.74, 6) is 0. The number of rotatable bonds is 4. The Labute approximate surface area is 419 Å². The van der Waals surface area contributed by atoms with Crippen LogP contribution in [0.5, 0.6) is 0 Å². The third-order valence-corrected chi connectivity index (χ3v) is 15.9. The molecule has 0 atom stereocenters. The van der Waals surface area contributed by atoms with Crippen LogP contribution in [0.4, 0.5) is 34.1 Å². The van der Waals surface area contributed by atoms with Crippen molar-refractivity contribution in [2.75, 3.05) is 9.80 Å². The Bertz CT molecular complexity index is 3380. The summed E-state index contributed by atoms with van der Waals surface area (Å²) in [6, 6.07) is 63.5. The second kappa shape index (κ2) is 15.7. The van der Waals surface area contributed by atoms with E-state index in [2.05, 4.69) is 271 Å². The highest BCUT2D eigenvalue weighted by molar-refractivity contribution is 7.00. The van der Waals surface area contributed by atoms with E-state index < -0.39 is 0 Å². The lowest BCUT2D eigenvalue weighted by atomic mass is 9.33. The summed E-state index contributed by atoms with van der Waals surface area (Å²) in [5, 5.41) is 0. The third-order valence-electron chi connectivity index (χ3n) is 15.9. The average Bonchev–Trinajstić information content (AvgIpc) is 3.55. The van der Waals surface area contributed by atoms with Gasteiger partial charge in [-0.3, -0.25) is 0 Å². The first-order valence-corrected chi connectivity index (χ1v) is 25.6. The standard InChI is InChI=1S/C67H69BN2/c1-63(2,3)44-31-36-56(51(37-44)42-21-16-15-17-22-42)70-58-39-46(65(7,8)9)30-35-55(58)68-54-34-29-45(64(4,5)6)38-57(54)69(59-40-47(66(10,11)12)41-60(70)62(59)68)48-32-27-43(28-33-48)49-24-20-26-53-61(49)50-23-18-19-25-52(50)67(53,13)14/h15-41H,1-14H3. The van der Waals surface area contributed by atoms with Gasteiger partial charge in [0.05, 0.1) is 5.69 Å². The molecule has 8 aromatic rings. The van der Waals surface area contributed by atoms with Crippen molar-refractivity contribution >= 4 is 57.2 Å². The van der Waals surface area contributed by atoms with E-state index in [1.165, 1.54) is 112 Å². The zero-order valence-corrected chi connectivity index (χ0v) is 44.1. The maximum absolute atomic E-state index is 2.65. The molecule has 350 valence electrons. The van der Waals surface area contributed by atoms with Gasteiger partial charge in [-0.15, -0.1) is 0 Å². The Kier molecular flexibility index (Phi) is 10.3. The second-order valence-electron chi connectivity index (χ2n) is 25.1. The summed E-state index contributed by atoms with van der Waals surface area (Å²) in [6.45, 7) is 32.9. The van der Waals surface area contributed by atoms with Gasteiger partial charge in [0.25, 0.3) is 6.71 Å². The van der Waals surface area contributed by atoms with E-state index in [1.54, 1.807) is 0 Å². The zero-order chi connectivity index (χ0) is 49.4. The smallest absolute Gasteiger partial charge is 0.252 e. The second-order valence-corrected chi connectivity index (χ2v) is 25.1. The number of fused-ring (bicyclic) bond motifs is 7. The van der Waals surface area contributed by atoms with Crippen LogP contribution in [0.2, 0.25) is 0 Å². The molecule has 3 heteroatoms. The first-order chi connectivity index (χ1) is 33.0. The largest absolute Gasteiger partial charge is 0.311 e. The van der Waals surface area contributed by atoms with E-state index >= 15 is 0 Å². The molecule has 0 unspecified atom stereocenters. The molecule has 0 spiro atoms. The molecule has 0 N–H and O–H groups in total. The number of benzene rings is 8. The fraction of sp³-hybridized carbons (Fsp3) is 0.284. The molecular formula is C67H69BN2. The molecule has 2 aliphatic heterocycles. The highest BCUT2D eigenvalue weighted by atomic mass is 15.2. The van der Waals surface area contributed by atoms with E-state index in [4.69, 9.17) is 0 Å². The Balaban J connectivity index is 1.20. The van der Waals surface area contributed by atoms with Gasteiger partial charge >= 0.3 is 0 Å². The van der Waals surface area contributed by atoms with Crippen LogP contribution in [-0.2, 0) is 27.1 Å². The highest BCUT2D eigenvalue weighted by Gasteiger charge is 2.45. The molecule has 70 heavy (non-hydrogen) atoms. The molecule has 3 aliphatic rings. The predicted molar refractivity (Wildman–Crippen MR) is 304 cm³/mol. The van der Waals surface area contributed by atoms with E-state index in [0.29, 0.717) is 0 Å². The quantitative estimate of drug-likeness (QED) is 0.162. The Hall–Kier alpha value is -6.58. The summed E-state index contributed by atoms with van der Waals surface area (Å²) in [6.07, 6.45) is 0. The average molecular weight is 913 g/mol. The van der Waals surface area contributed by atoms with E-state index in [1.807, 2.05) is 0 Å². The fourth-order valence-corrected chi connectivity index (χ4v) is 11.7. The summed E-state index contributed by atoms with van der Waals surface area (Å²) < 4.78 is 0. The normalized spacial score (nSPS) is 14.7. The monoisotopic (exact) mass is 913 g/mol. The Morgan fingerprint density at radius 1 is 0.357 bits per heavy atom. The first kappa shape index (κ1) is 45.8. The molecule has 0 amide bonds. The summed E-state index contributed by atoms with van der Waals surface area (Å²) in [5.41, 5.74) is 26.9. The highest BCUT2D eigenvalue weighted by Crippen LogP contribution is 2.53. The number of hydrogen-bond donors (Lipinski definition) is 0. The maximum atomic E-state index is 2.65. The lowest BCUT2D eigenvalue weighted by Crippen LogP contribution is -2.61. The summed E-state index contributed by atoms with van der Waals surface area (Å²) in [4.78, 5) is 5.26. The molecule has 1 aliphatic carbocycles. The molecule has 0 radical (unpaired) electrons. The van der Waals surface area contributed by atoms with E-state index in [0.717, 1.165) is 5.69 Å². The molecule has 0 saturated carbocycles. The lowest BCUT2D eigenvalue weighted by Gasteiger charge is -2.46. The number of anilines is 6. The number of nitrogens with zero attached hydrogens (tertiary/aromatic N) is 2. The van der Waals surface area contributed by atoms with Gasteiger partial charge in [-0.05, 0) is 148 Å². The summed E-state index contributed by atoms with van der Waals surface area (Å²) in [7, 11) is 0. The molecule has 0 saturated heterocycles. The maximum Gasteiger partial charge on any atom is 0.252 e. The molecule has 2 heterocycles. The van der Waals surface area contributed by atoms with Crippen LogP contribution in [-0.4, -0.2) is 6.71 Å². The minimum Gasteiger partial charge on any atom is -0.311 e. The van der Waals surface area contributed by atoms with Crippen molar-refractivity contribution < 1.29 is 0 Å². The topological polar surface area (TPSA) is 6.48 Å². The lowest BCUT2D eigenvalue weighted by molar-refractivity contribution is 0.589. The van der Waals surface area contributed by atoms with Gasteiger partial charge in [-0.1, -0.05) is 212 Å². The van der Waals surface area contributed by atoms with Crippen molar-refractivity contribution in [1.29, 1.82) is 0 Å². The molecule has 0 fully saturated rings. The minimum absolute atomic E-state index is 0.0168. The van der Waals surface area contributed by atoms with Crippen LogP contribution in [0.3, 0.4) is 0 Å². The van der Waals surface area contributed by atoms with Gasteiger partial charge in [-0.25, -0.2) is 0 Å². The van der Waals surface area contributed by atoms with Crippen LogP contribution in [0, 0.1) is 0 Å². The molecule has 0 aromatic heterocycles. The van der Waals surface area contributed by atoms with Gasteiger partial charge in [0.15, 0.2) is 0 Å². The van der Waals surface area contributed by atoms with Crippen molar-refractivity contribution in [3.63, 3.8) is 0 Å². The predicted octanol–water partition coefficient (Wildman–Crippen LogP) is 16.6. The molecule has 8 aromatic carbocycles. The van der Waals surface area contributed by atoms with Crippen molar-refractivity contribution in [1.82, 2.24) is 0 Å². The SMILES string of the molecule is CC(C)(C)c1ccc(N2c3cc(C(C)(C)C)ccc3B3c4ccc(C(C)(C)C)cc4N(c4ccc(-c5cccc6c5-c5ccccc5C6(C)C)cc4)c4cc(C(C)(C)C)cc2c43)c(-c2ccccc2)c1. The molecular weight excluding hydrogens is 844 g/mol. The van der Waals surface area contributed by atoms with Crippen molar-refractivity contribution in [2.24, 2.45) is 0 Å². The van der Waals surface area contributed by atoms with E-state index in [9.17, 15) is 0 Å². The number of hydrogen-bond acceptors (Lipinski definition) is 2. The van der Waals surface area contributed by atoms with Crippen molar-refractivity contribution in [2.45, 2.75) is 124 Å².